The first-order chi connectivity index (χ1) is 13.5. The molecule has 7 heteroatoms. The van der Waals surface area contributed by atoms with Crippen LogP contribution in [0.5, 0.6) is 0 Å². The molecule has 2 aliphatic heterocycles. The van der Waals surface area contributed by atoms with Crippen LogP contribution in [-0.2, 0) is 14.3 Å². The van der Waals surface area contributed by atoms with Crippen LogP contribution in [0.1, 0.15) is 34.9 Å². The van der Waals surface area contributed by atoms with Crippen molar-refractivity contribution in [3.05, 3.63) is 61.8 Å². The summed E-state index contributed by atoms with van der Waals surface area (Å²) >= 11 is 4.86. The second-order valence-corrected chi connectivity index (χ2v) is 8.92. The first-order valence-corrected chi connectivity index (χ1v) is 10.8. The zero-order valence-corrected chi connectivity index (χ0v) is 17.8. The molecule has 1 aromatic carbocycles. The number of hydrogen-bond donors (Lipinski definition) is 1. The number of benzene rings is 1. The third kappa shape index (κ3) is 3.43. The Balaban J connectivity index is 1.82. The second kappa shape index (κ2) is 7.81. The molecule has 2 aromatic rings. The third-order valence-corrected chi connectivity index (χ3v) is 6.83. The number of carbonyl (C=O) groups is 2. The van der Waals surface area contributed by atoms with Crippen LogP contribution in [0.3, 0.4) is 0 Å². The van der Waals surface area contributed by atoms with Crippen LogP contribution in [0.4, 0.5) is 0 Å². The van der Waals surface area contributed by atoms with Crippen LogP contribution < -0.4 is 0 Å². The van der Waals surface area contributed by atoms with Crippen molar-refractivity contribution in [2.24, 2.45) is 0 Å². The average Bonchev–Trinajstić information content (AvgIpc) is 3.39. The van der Waals surface area contributed by atoms with Gasteiger partial charge in [-0.3, -0.25) is 9.59 Å². The van der Waals surface area contributed by atoms with Gasteiger partial charge in [-0.1, -0.05) is 28.1 Å². The molecular formula is C21H20BrNO4S. The van der Waals surface area contributed by atoms with E-state index in [2.05, 4.69) is 15.9 Å². The molecule has 0 spiro atoms. The molecule has 1 aromatic heterocycles. The van der Waals surface area contributed by atoms with Crippen molar-refractivity contribution in [2.45, 2.75) is 31.9 Å². The SMILES string of the molecule is Cc1ccsc1C1/C(=C(/O)c2ccc(Br)cc2)C(=O)C(=O)N1CC1CCCO1. The van der Waals surface area contributed by atoms with E-state index < -0.39 is 17.7 Å². The summed E-state index contributed by atoms with van der Waals surface area (Å²) in [5.74, 6) is -1.36. The van der Waals surface area contributed by atoms with Gasteiger partial charge in [0.15, 0.2) is 0 Å². The number of ketones is 1. The normalized spacial score (nSPS) is 24.3. The Labute approximate surface area is 175 Å². The van der Waals surface area contributed by atoms with Gasteiger partial charge < -0.3 is 14.7 Å². The minimum absolute atomic E-state index is 0.0753. The number of aliphatic hydroxyl groups is 1. The maximum absolute atomic E-state index is 12.9. The highest BCUT2D eigenvalue weighted by Gasteiger charge is 2.47. The van der Waals surface area contributed by atoms with Gasteiger partial charge in [0.05, 0.1) is 17.7 Å². The van der Waals surface area contributed by atoms with E-state index in [-0.39, 0.29) is 17.4 Å². The van der Waals surface area contributed by atoms with E-state index in [9.17, 15) is 14.7 Å². The molecule has 4 rings (SSSR count). The second-order valence-electron chi connectivity index (χ2n) is 7.06. The molecule has 2 unspecified atom stereocenters. The lowest BCUT2D eigenvalue weighted by molar-refractivity contribution is -0.140. The van der Waals surface area contributed by atoms with Gasteiger partial charge in [0, 0.05) is 28.1 Å². The number of aryl methyl sites for hydroxylation is 1. The topological polar surface area (TPSA) is 66.8 Å². The standard InChI is InChI=1S/C21H20BrNO4S/c1-12-8-10-28-20(12)17-16(18(24)13-4-6-14(22)7-5-13)19(25)21(26)23(17)11-15-3-2-9-27-15/h4-8,10,15,17,24H,2-3,9,11H2,1H3/b18-16-. The molecule has 2 saturated heterocycles. The molecule has 28 heavy (non-hydrogen) atoms. The van der Waals surface area contributed by atoms with Crippen LogP contribution in [0, 0.1) is 6.92 Å². The number of carbonyl (C=O) groups excluding carboxylic acids is 2. The monoisotopic (exact) mass is 461 g/mol. The van der Waals surface area contributed by atoms with E-state index in [0.29, 0.717) is 18.7 Å². The quantitative estimate of drug-likeness (QED) is 0.415. The lowest BCUT2D eigenvalue weighted by Gasteiger charge is -2.27. The number of halogens is 1. The maximum atomic E-state index is 12.9. The lowest BCUT2D eigenvalue weighted by atomic mass is 9.98. The van der Waals surface area contributed by atoms with Gasteiger partial charge in [0.25, 0.3) is 11.7 Å². The summed E-state index contributed by atoms with van der Waals surface area (Å²) in [5, 5.41) is 12.9. The number of amides is 1. The van der Waals surface area contributed by atoms with Crippen molar-refractivity contribution in [3.8, 4) is 0 Å². The molecule has 2 aliphatic rings. The highest BCUT2D eigenvalue weighted by atomic mass is 79.9. The Morgan fingerprint density at radius 2 is 2.04 bits per heavy atom. The summed E-state index contributed by atoms with van der Waals surface area (Å²) in [6, 6.07) is 8.42. The number of Topliss-reactive ketones (excluding diaryl/α,β-unsaturated/α-hetero) is 1. The molecule has 0 aliphatic carbocycles. The van der Waals surface area contributed by atoms with Gasteiger partial charge in [0.2, 0.25) is 0 Å². The van der Waals surface area contributed by atoms with Crippen molar-refractivity contribution in [2.75, 3.05) is 13.2 Å². The summed E-state index contributed by atoms with van der Waals surface area (Å²) in [7, 11) is 0. The Morgan fingerprint density at radius 1 is 1.29 bits per heavy atom. The number of rotatable bonds is 4. The third-order valence-electron chi connectivity index (χ3n) is 5.23. The molecule has 2 atom stereocenters. The van der Waals surface area contributed by atoms with Crippen molar-refractivity contribution in [1.29, 1.82) is 0 Å². The van der Waals surface area contributed by atoms with E-state index in [0.717, 1.165) is 27.8 Å². The summed E-state index contributed by atoms with van der Waals surface area (Å²) in [5.41, 5.74) is 1.66. The highest BCUT2D eigenvalue weighted by molar-refractivity contribution is 9.10. The molecule has 1 amide bonds. The van der Waals surface area contributed by atoms with Crippen molar-refractivity contribution < 1.29 is 19.4 Å². The minimum Gasteiger partial charge on any atom is -0.507 e. The van der Waals surface area contributed by atoms with E-state index in [4.69, 9.17) is 4.74 Å². The van der Waals surface area contributed by atoms with Crippen LogP contribution in [0.25, 0.3) is 5.76 Å². The number of thiophene rings is 1. The molecule has 5 nitrogen and oxygen atoms in total. The zero-order chi connectivity index (χ0) is 19.8. The fourth-order valence-corrected chi connectivity index (χ4v) is 5.09. The first kappa shape index (κ1) is 19.4. The molecule has 0 saturated carbocycles. The summed E-state index contributed by atoms with van der Waals surface area (Å²) in [6.45, 7) is 2.98. The Hall–Kier alpha value is -1.96. The van der Waals surface area contributed by atoms with Crippen LogP contribution in [-0.4, -0.2) is 41.0 Å². The van der Waals surface area contributed by atoms with Crippen molar-refractivity contribution in [1.82, 2.24) is 4.90 Å². The van der Waals surface area contributed by atoms with Gasteiger partial charge in [-0.25, -0.2) is 0 Å². The largest absolute Gasteiger partial charge is 0.507 e. The highest BCUT2D eigenvalue weighted by Crippen LogP contribution is 2.43. The van der Waals surface area contributed by atoms with E-state index in [1.165, 1.54) is 11.3 Å². The number of hydrogen-bond acceptors (Lipinski definition) is 5. The molecule has 146 valence electrons. The summed E-state index contributed by atoms with van der Waals surface area (Å²) in [4.78, 5) is 28.3. The Morgan fingerprint density at radius 3 is 2.64 bits per heavy atom. The smallest absolute Gasteiger partial charge is 0.295 e. The number of ether oxygens (including phenoxy) is 1. The molecule has 1 N–H and O–H groups in total. The zero-order valence-electron chi connectivity index (χ0n) is 15.4. The summed E-state index contributed by atoms with van der Waals surface area (Å²) < 4.78 is 6.57. The molecule has 3 heterocycles. The first-order valence-electron chi connectivity index (χ1n) is 9.17. The molecule has 0 bridgehead atoms. The number of aliphatic hydroxyl groups excluding tert-OH is 1. The van der Waals surface area contributed by atoms with Crippen LogP contribution >= 0.6 is 27.3 Å². The van der Waals surface area contributed by atoms with Gasteiger partial charge in [0.1, 0.15) is 5.76 Å². The van der Waals surface area contributed by atoms with Gasteiger partial charge in [-0.05, 0) is 48.9 Å². The predicted molar refractivity (Wildman–Crippen MR) is 111 cm³/mol. The van der Waals surface area contributed by atoms with E-state index >= 15 is 0 Å². The van der Waals surface area contributed by atoms with Gasteiger partial charge in [-0.2, -0.15) is 0 Å². The van der Waals surface area contributed by atoms with Gasteiger partial charge in [-0.15, -0.1) is 11.3 Å². The van der Waals surface area contributed by atoms with Crippen molar-refractivity contribution in [3.63, 3.8) is 0 Å². The van der Waals surface area contributed by atoms with Crippen molar-refractivity contribution >= 4 is 44.7 Å². The average molecular weight is 462 g/mol. The van der Waals surface area contributed by atoms with E-state index in [1.807, 2.05) is 18.4 Å². The Kier molecular flexibility index (Phi) is 5.40. The van der Waals surface area contributed by atoms with E-state index in [1.54, 1.807) is 29.2 Å². The lowest BCUT2D eigenvalue weighted by Crippen LogP contribution is -2.36. The maximum Gasteiger partial charge on any atom is 0.295 e. The molecule has 2 fully saturated rings. The molecule has 0 radical (unpaired) electrons. The fourth-order valence-electron chi connectivity index (χ4n) is 3.78. The van der Waals surface area contributed by atoms with Crippen LogP contribution in [0.2, 0.25) is 0 Å². The van der Waals surface area contributed by atoms with Crippen LogP contribution in [0.15, 0.2) is 45.8 Å². The Bertz CT molecular complexity index is 944. The van der Waals surface area contributed by atoms with Gasteiger partial charge >= 0.3 is 0 Å². The summed E-state index contributed by atoms with van der Waals surface area (Å²) in [6.07, 6.45) is 1.75. The predicted octanol–water partition coefficient (Wildman–Crippen LogP) is 4.42. The number of nitrogens with zero attached hydrogens (tertiary/aromatic N) is 1. The fraction of sp³-hybridized carbons (Fsp3) is 0.333. The minimum atomic E-state index is -0.642. The molecular weight excluding hydrogens is 442 g/mol. The number of likely N-dealkylation sites (tertiary alicyclic amines) is 1.